The third kappa shape index (κ3) is 2.00. The number of halogens is 2. The van der Waals surface area contributed by atoms with Crippen molar-refractivity contribution in [2.45, 2.75) is 31.1 Å². The molecule has 0 aliphatic heterocycles. The number of benzene rings is 1. The molecule has 0 amide bonds. The number of fused-ring (bicyclic) bond motifs is 3. The Balaban J connectivity index is 1.63. The fourth-order valence-electron chi connectivity index (χ4n) is 3.83. The monoisotopic (exact) mass is 366 g/mol. The van der Waals surface area contributed by atoms with Crippen molar-refractivity contribution in [2.75, 3.05) is 0 Å². The van der Waals surface area contributed by atoms with Crippen LogP contribution in [0.15, 0.2) is 34.8 Å². The van der Waals surface area contributed by atoms with Gasteiger partial charge in [-0.3, -0.25) is 0 Å². The molecule has 104 valence electrons. The zero-order valence-electron chi connectivity index (χ0n) is 11.3. The lowest BCUT2D eigenvalue weighted by atomic mass is 9.92. The van der Waals surface area contributed by atoms with E-state index in [-0.39, 0.29) is 5.38 Å². The average Bonchev–Trinajstić information content (AvgIpc) is 3.11. The maximum atomic E-state index is 6.82. The smallest absolute Gasteiger partial charge is 0.0716 e. The van der Waals surface area contributed by atoms with E-state index < -0.39 is 0 Å². The van der Waals surface area contributed by atoms with Crippen LogP contribution in [0, 0.1) is 18.8 Å². The molecular weight excluding hydrogens is 352 g/mol. The number of rotatable bonds is 2. The molecule has 1 aromatic carbocycles. The summed E-state index contributed by atoms with van der Waals surface area (Å²) in [4.78, 5) is 2.66. The van der Waals surface area contributed by atoms with Crippen LogP contribution in [0.5, 0.6) is 0 Å². The minimum atomic E-state index is 0.172. The zero-order chi connectivity index (χ0) is 13.9. The van der Waals surface area contributed by atoms with Crippen molar-refractivity contribution in [1.29, 1.82) is 0 Å². The van der Waals surface area contributed by atoms with Crippen LogP contribution < -0.4 is 0 Å². The summed E-state index contributed by atoms with van der Waals surface area (Å²) in [5.41, 5.74) is 3.11. The quantitative estimate of drug-likeness (QED) is 0.565. The molecule has 4 unspecified atom stereocenters. The SMILES string of the molecule is Cc1sc(C(Cl)C2C3CCc4ccccc4C32)cc1Br. The predicted molar refractivity (Wildman–Crippen MR) is 89.8 cm³/mol. The fraction of sp³-hybridized carbons (Fsp3) is 0.412. The van der Waals surface area contributed by atoms with E-state index in [4.69, 9.17) is 11.6 Å². The molecule has 4 atom stereocenters. The lowest BCUT2D eigenvalue weighted by Crippen LogP contribution is -2.00. The normalized spacial score (nSPS) is 28.6. The van der Waals surface area contributed by atoms with Crippen LogP contribution in [-0.4, -0.2) is 0 Å². The van der Waals surface area contributed by atoms with E-state index in [0.717, 1.165) is 5.92 Å². The van der Waals surface area contributed by atoms with Gasteiger partial charge in [0.2, 0.25) is 0 Å². The highest BCUT2D eigenvalue weighted by Crippen LogP contribution is 2.66. The van der Waals surface area contributed by atoms with Gasteiger partial charge in [0.05, 0.1) is 5.38 Å². The third-order valence-electron chi connectivity index (χ3n) is 4.88. The Morgan fingerprint density at radius 1 is 1.35 bits per heavy atom. The maximum absolute atomic E-state index is 6.82. The Hall–Kier alpha value is -0.310. The van der Waals surface area contributed by atoms with Crippen molar-refractivity contribution < 1.29 is 0 Å². The molecule has 0 nitrogen and oxygen atoms in total. The first-order valence-corrected chi connectivity index (χ1v) is 9.19. The van der Waals surface area contributed by atoms with Crippen molar-refractivity contribution in [3.63, 3.8) is 0 Å². The standard InChI is InChI=1S/C17H16BrClS/c1-9-13(18)8-14(20-9)17(19)16-12-7-6-10-4-2-3-5-11(10)15(12)16/h2-5,8,12,15-17H,6-7H2,1H3. The van der Waals surface area contributed by atoms with Crippen LogP contribution in [0.25, 0.3) is 0 Å². The summed E-state index contributed by atoms with van der Waals surface area (Å²) in [5, 5.41) is 0.172. The summed E-state index contributed by atoms with van der Waals surface area (Å²) < 4.78 is 1.20. The molecule has 0 saturated heterocycles. The molecule has 3 heteroatoms. The highest BCUT2D eigenvalue weighted by atomic mass is 79.9. The second kappa shape index (κ2) is 4.86. The maximum Gasteiger partial charge on any atom is 0.0716 e. The Bertz CT molecular complexity index is 643. The van der Waals surface area contributed by atoms with Gasteiger partial charge < -0.3 is 0 Å². The van der Waals surface area contributed by atoms with Crippen molar-refractivity contribution >= 4 is 38.9 Å². The van der Waals surface area contributed by atoms with Crippen LogP contribution in [0.1, 0.15) is 38.6 Å². The lowest BCUT2D eigenvalue weighted by molar-refractivity contribution is 0.624. The van der Waals surface area contributed by atoms with Crippen molar-refractivity contribution in [3.8, 4) is 0 Å². The zero-order valence-corrected chi connectivity index (χ0v) is 14.4. The third-order valence-corrected chi connectivity index (χ3v) is 7.75. The van der Waals surface area contributed by atoms with Gasteiger partial charge in [-0.1, -0.05) is 24.3 Å². The predicted octanol–water partition coefficient (Wildman–Crippen LogP) is 6.07. The lowest BCUT2D eigenvalue weighted by Gasteiger charge is -2.13. The highest BCUT2D eigenvalue weighted by Gasteiger charge is 2.56. The molecule has 1 heterocycles. The van der Waals surface area contributed by atoms with Gasteiger partial charge in [0.1, 0.15) is 0 Å². The molecule has 0 bridgehead atoms. The Kier molecular flexibility index (Phi) is 3.25. The molecule has 1 aromatic heterocycles. The van der Waals surface area contributed by atoms with E-state index in [1.807, 2.05) is 11.3 Å². The van der Waals surface area contributed by atoms with Crippen molar-refractivity contribution in [2.24, 2.45) is 11.8 Å². The molecule has 20 heavy (non-hydrogen) atoms. The van der Waals surface area contributed by atoms with Crippen LogP contribution in [-0.2, 0) is 6.42 Å². The Morgan fingerprint density at radius 3 is 2.90 bits per heavy atom. The van der Waals surface area contributed by atoms with E-state index >= 15 is 0 Å². The van der Waals surface area contributed by atoms with Crippen LogP contribution >= 0.6 is 38.9 Å². The summed E-state index contributed by atoms with van der Waals surface area (Å²) in [6, 6.07) is 11.1. The number of hydrogen-bond acceptors (Lipinski definition) is 1. The van der Waals surface area contributed by atoms with E-state index in [9.17, 15) is 0 Å². The minimum Gasteiger partial charge on any atom is -0.143 e. The van der Waals surface area contributed by atoms with Gasteiger partial charge in [0, 0.05) is 14.2 Å². The first kappa shape index (κ1) is 13.4. The molecule has 0 radical (unpaired) electrons. The van der Waals surface area contributed by atoms with E-state index in [2.05, 4.69) is 53.2 Å². The van der Waals surface area contributed by atoms with Crippen LogP contribution in [0.2, 0.25) is 0 Å². The molecule has 2 aliphatic carbocycles. The van der Waals surface area contributed by atoms with Gasteiger partial charge in [0.15, 0.2) is 0 Å². The first-order valence-electron chi connectivity index (χ1n) is 7.14. The largest absolute Gasteiger partial charge is 0.143 e. The molecule has 1 fully saturated rings. The molecule has 2 aliphatic rings. The van der Waals surface area contributed by atoms with Gasteiger partial charge in [0.25, 0.3) is 0 Å². The highest BCUT2D eigenvalue weighted by molar-refractivity contribution is 9.10. The van der Waals surface area contributed by atoms with Crippen LogP contribution in [0.4, 0.5) is 0 Å². The molecule has 0 N–H and O–H groups in total. The fourth-order valence-corrected chi connectivity index (χ4v) is 5.96. The van der Waals surface area contributed by atoms with E-state index in [0.29, 0.717) is 11.8 Å². The van der Waals surface area contributed by atoms with E-state index in [1.165, 1.54) is 27.1 Å². The van der Waals surface area contributed by atoms with Gasteiger partial charge in [-0.15, -0.1) is 22.9 Å². The Labute approximate surface area is 137 Å². The number of thiophene rings is 1. The minimum absolute atomic E-state index is 0.172. The number of hydrogen-bond donors (Lipinski definition) is 0. The molecular formula is C17H16BrClS. The number of alkyl halides is 1. The summed E-state index contributed by atoms with van der Waals surface area (Å²) in [6.45, 7) is 2.15. The van der Waals surface area contributed by atoms with Gasteiger partial charge >= 0.3 is 0 Å². The Morgan fingerprint density at radius 2 is 2.15 bits per heavy atom. The van der Waals surface area contributed by atoms with Crippen molar-refractivity contribution in [1.82, 2.24) is 0 Å². The second-order valence-corrected chi connectivity index (χ2v) is 8.57. The van der Waals surface area contributed by atoms with Gasteiger partial charge in [-0.05, 0) is 70.6 Å². The molecule has 0 spiro atoms. The topological polar surface area (TPSA) is 0 Å². The van der Waals surface area contributed by atoms with Gasteiger partial charge in [-0.2, -0.15) is 0 Å². The molecule has 4 rings (SSSR count). The second-order valence-electron chi connectivity index (χ2n) is 5.96. The average molecular weight is 368 g/mol. The first-order chi connectivity index (χ1) is 9.66. The molecule has 2 aromatic rings. The van der Waals surface area contributed by atoms with Gasteiger partial charge in [-0.25, -0.2) is 0 Å². The number of aryl methyl sites for hydroxylation is 2. The van der Waals surface area contributed by atoms with Crippen LogP contribution in [0.3, 0.4) is 0 Å². The molecule has 1 saturated carbocycles. The summed E-state index contributed by atoms with van der Waals surface area (Å²) in [7, 11) is 0. The van der Waals surface area contributed by atoms with Crippen molar-refractivity contribution in [3.05, 3.63) is 55.7 Å². The summed E-state index contributed by atoms with van der Waals surface area (Å²) in [6.07, 6.45) is 2.53. The summed E-state index contributed by atoms with van der Waals surface area (Å²) >= 11 is 12.3. The van der Waals surface area contributed by atoms with E-state index in [1.54, 1.807) is 11.1 Å². The summed E-state index contributed by atoms with van der Waals surface area (Å²) in [5.74, 6) is 2.13.